The average Bonchev–Trinajstić information content (AvgIpc) is 3.25. The van der Waals surface area contributed by atoms with Gasteiger partial charge in [0, 0.05) is 34.1 Å². The first-order valence-electron chi connectivity index (χ1n) is 18.5. The van der Waals surface area contributed by atoms with Crippen LogP contribution in [0.5, 0.6) is 0 Å². The van der Waals surface area contributed by atoms with Crippen molar-refractivity contribution in [3.05, 3.63) is 218 Å². The molecule has 0 spiro atoms. The van der Waals surface area contributed by atoms with E-state index in [1.807, 2.05) is 0 Å². The number of hydrogen-bond acceptors (Lipinski definition) is 2. The fraction of sp³-hybridized carbons (Fsp3) is 0. The van der Waals surface area contributed by atoms with E-state index in [1.165, 1.54) is 54.6 Å². The van der Waals surface area contributed by atoms with Gasteiger partial charge in [-0.15, -0.1) is 0 Å². The van der Waals surface area contributed by atoms with Crippen LogP contribution in [0.4, 0.5) is 34.1 Å². The van der Waals surface area contributed by atoms with E-state index < -0.39 is 0 Å². The van der Waals surface area contributed by atoms with E-state index in [9.17, 15) is 0 Å². The van der Waals surface area contributed by atoms with Crippen molar-refractivity contribution in [1.29, 1.82) is 0 Å². The Hall–Kier alpha value is -7.16. The van der Waals surface area contributed by atoms with Gasteiger partial charge in [-0.05, 0) is 140 Å². The fourth-order valence-electron chi connectivity index (χ4n) is 8.03. The number of hydrogen-bond donors (Lipinski definition) is 0. The Balaban J connectivity index is 1.01. The third-order valence-corrected chi connectivity index (χ3v) is 10.6. The summed E-state index contributed by atoms with van der Waals surface area (Å²) >= 11 is 0. The predicted molar refractivity (Wildman–Crippen MR) is 230 cm³/mol. The average molecular weight is 689 g/mol. The molecule has 0 saturated carbocycles. The van der Waals surface area contributed by atoms with Crippen molar-refractivity contribution in [2.45, 2.75) is 0 Å². The zero-order valence-corrected chi connectivity index (χ0v) is 29.7. The zero-order valence-electron chi connectivity index (χ0n) is 29.7. The normalized spacial score (nSPS) is 11.3. The summed E-state index contributed by atoms with van der Waals surface area (Å²) in [6.45, 7) is 0. The highest BCUT2D eigenvalue weighted by Gasteiger charge is 2.17. The maximum absolute atomic E-state index is 2.35. The topological polar surface area (TPSA) is 6.48 Å². The molecule has 0 bridgehead atoms. The molecule has 0 saturated heterocycles. The highest BCUT2D eigenvalue weighted by atomic mass is 15.1. The van der Waals surface area contributed by atoms with Crippen LogP contribution in [-0.2, 0) is 0 Å². The number of anilines is 6. The summed E-state index contributed by atoms with van der Waals surface area (Å²) in [5.41, 5.74) is 11.7. The second-order valence-electron chi connectivity index (χ2n) is 13.8. The van der Waals surface area contributed by atoms with Gasteiger partial charge in [0.2, 0.25) is 0 Å². The first-order valence-corrected chi connectivity index (χ1v) is 18.5. The van der Waals surface area contributed by atoms with E-state index in [2.05, 4.69) is 228 Å². The molecule has 10 rings (SSSR count). The van der Waals surface area contributed by atoms with Crippen LogP contribution < -0.4 is 9.80 Å². The first-order chi connectivity index (χ1) is 26.8. The summed E-state index contributed by atoms with van der Waals surface area (Å²) in [5.74, 6) is 0. The van der Waals surface area contributed by atoms with Gasteiger partial charge in [0.15, 0.2) is 0 Å². The highest BCUT2D eigenvalue weighted by Crippen LogP contribution is 2.43. The van der Waals surface area contributed by atoms with Crippen molar-refractivity contribution < 1.29 is 0 Å². The molecule has 0 radical (unpaired) electrons. The van der Waals surface area contributed by atoms with Crippen molar-refractivity contribution in [1.82, 2.24) is 0 Å². The van der Waals surface area contributed by atoms with Gasteiger partial charge >= 0.3 is 0 Å². The van der Waals surface area contributed by atoms with Crippen LogP contribution in [0.25, 0.3) is 54.6 Å². The van der Waals surface area contributed by atoms with Crippen molar-refractivity contribution in [3.8, 4) is 22.3 Å². The summed E-state index contributed by atoms with van der Waals surface area (Å²) in [7, 11) is 0. The van der Waals surface area contributed by atoms with Crippen LogP contribution in [-0.4, -0.2) is 0 Å². The van der Waals surface area contributed by atoms with Gasteiger partial charge in [-0.2, -0.15) is 0 Å². The minimum atomic E-state index is 1.13. The van der Waals surface area contributed by atoms with Crippen LogP contribution in [0.2, 0.25) is 0 Å². The van der Waals surface area contributed by atoms with Crippen molar-refractivity contribution in [3.63, 3.8) is 0 Å². The Morgan fingerprint density at radius 3 is 1.07 bits per heavy atom. The van der Waals surface area contributed by atoms with Gasteiger partial charge in [-0.25, -0.2) is 0 Å². The smallest absolute Gasteiger partial charge is 0.0462 e. The molecule has 0 aromatic heterocycles. The third-order valence-electron chi connectivity index (χ3n) is 10.6. The largest absolute Gasteiger partial charge is 0.311 e. The molecule has 254 valence electrons. The molecule has 2 heteroatoms. The second kappa shape index (κ2) is 13.4. The molecular weight excluding hydrogens is 653 g/mol. The quantitative estimate of drug-likeness (QED) is 0.147. The van der Waals surface area contributed by atoms with E-state index >= 15 is 0 Å². The monoisotopic (exact) mass is 688 g/mol. The Morgan fingerprint density at radius 2 is 0.611 bits per heavy atom. The van der Waals surface area contributed by atoms with Crippen LogP contribution in [0.1, 0.15) is 0 Å². The second-order valence-corrected chi connectivity index (χ2v) is 13.8. The molecule has 0 amide bonds. The Kier molecular flexibility index (Phi) is 7.85. The summed E-state index contributed by atoms with van der Waals surface area (Å²) in [4.78, 5) is 4.61. The maximum atomic E-state index is 2.35. The van der Waals surface area contributed by atoms with Gasteiger partial charge < -0.3 is 9.80 Å². The third kappa shape index (κ3) is 5.62. The molecule has 0 atom stereocenters. The van der Waals surface area contributed by atoms with Crippen LogP contribution in [0.3, 0.4) is 0 Å². The molecule has 0 N–H and O–H groups in total. The summed E-state index contributed by atoms with van der Waals surface area (Å²) in [6.07, 6.45) is 0. The molecule has 0 unspecified atom stereocenters. The summed E-state index contributed by atoms with van der Waals surface area (Å²) in [6, 6.07) is 78.7. The lowest BCUT2D eigenvalue weighted by atomic mass is 9.88. The standard InChI is InChI=1S/C52H36N2/c1-5-13-43(14-6-1)53(44-15-7-2-8-16-44)47-29-23-37(24-30-47)42-35-40-22-21-39-27-33-49(50-34-28-41(36-42)51(40)52(39)50)38-25-31-48(32-26-38)54(45-17-9-3-10-18-45)46-19-11-4-12-20-46/h1-36H. The molecular formula is C52H36N2. The molecule has 2 nitrogen and oxygen atoms in total. The van der Waals surface area contributed by atoms with Crippen LogP contribution in [0.15, 0.2) is 218 Å². The van der Waals surface area contributed by atoms with E-state index in [-0.39, 0.29) is 0 Å². The number of benzene rings is 10. The van der Waals surface area contributed by atoms with Gasteiger partial charge in [0.1, 0.15) is 0 Å². The lowest BCUT2D eigenvalue weighted by Crippen LogP contribution is -2.09. The molecule has 0 fully saturated rings. The van der Waals surface area contributed by atoms with Gasteiger partial charge in [-0.1, -0.05) is 133 Å². The number of para-hydroxylation sites is 4. The van der Waals surface area contributed by atoms with Gasteiger partial charge in [0.25, 0.3) is 0 Å². The SMILES string of the molecule is c1ccc(N(c2ccccc2)c2ccc(-c3cc4ccc5ccc(-c6ccc(N(c7ccccc7)c7ccccc7)cc6)c6ccc(c3)c4c56)cc2)cc1. The minimum absolute atomic E-state index is 1.13. The van der Waals surface area contributed by atoms with Crippen molar-refractivity contribution in [2.24, 2.45) is 0 Å². The molecule has 10 aromatic carbocycles. The maximum Gasteiger partial charge on any atom is 0.0462 e. The number of rotatable bonds is 8. The van der Waals surface area contributed by atoms with Gasteiger partial charge in [-0.3, -0.25) is 0 Å². The fourth-order valence-corrected chi connectivity index (χ4v) is 8.03. The summed E-state index contributed by atoms with van der Waals surface area (Å²) < 4.78 is 0. The Bertz CT molecular complexity index is 2740. The lowest BCUT2D eigenvalue weighted by Gasteiger charge is -2.25. The highest BCUT2D eigenvalue weighted by molar-refractivity contribution is 6.26. The Labute approximate surface area is 315 Å². The molecule has 0 heterocycles. The Morgan fingerprint density at radius 1 is 0.241 bits per heavy atom. The zero-order chi connectivity index (χ0) is 35.8. The molecule has 10 aromatic rings. The van der Waals surface area contributed by atoms with Crippen molar-refractivity contribution in [2.75, 3.05) is 9.80 Å². The van der Waals surface area contributed by atoms with Crippen LogP contribution >= 0.6 is 0 Å². The molecule has 0 aliphatic rings. The lowest BCUT2D eigenvalue weighted by molar-refractivity contribution is 1.28. The minimum Gasteiger partial charge on any atom is -0.311 e. The number of nitrogens with zero attached hydrogens (tertiary/aromatic N) is 2. The van der Waals surface area contributed by atoms with E-state index in [0.717, 1.165) is 34.1 Å². The van der Waals surface area contributed by atoms with Crippen LogP contribution in [0, 0.1) is 0 Å². The first kappa shape index (κ1) is 31.6. The predicted octanol–water partition coefficient (Wildman–Crippen LogP) is 14.9. The summed E-state index contributed by atoms with van der Waals surface area (Å²) in [5, 5.41) is 7.71. The van der Waals surface area contributed by atoms with Crippen molar-refractivity contribution >= 4 is 66.4 Å². The molecule has 54 heavy (non-hydrogen) atoms. The van der Waals surface area contributed by atoms with E-state index in [4.69, 9.17) is 0 Å². The van der Waals surface area contributed by atoms with E-state index in [0.29, 0.717) is 0 Å². The van der Waals surface area contributed by atoms with Gasteiger partial charge in [0.05, 0.1) is 0 Å². The van der Waals surface area contributed by atoms with E-state index in [1.54, 1.807) is 0 Å². The molecule has 0 aliphatic heterocycles. The molecule has 0 aliphatic carbocycles.